The summed E-state index contributed by atoms with van der Waals surface area (Å²) in [6, 6.07) is 9.48. The molecule has 1 N–H and O–H groups in total. The van der Waals surface area contributed by atoms with E-state index in [0.717, 1.165) is 5.56 Å². The van der Waals surface area contributed by atoms with Crippen molar-refractivity contribution in [3.05, 3.63) is 47.7 Å². The summed E-state index contributed by atoms with van der Waals surface area (Å²) < 4.78 is 0. The van der Waals surface area contributed by atoms with Crippen LogP contribution in [0.25, 0.3) is 11.1 Å². The molecule has 0 aliphatic heterocycles. The van der Waals surface area contributed by atoms with Gasteiger partial charge in [-0.3, -0.25) is 4.98 Å². The summed E-state index contributed by atoms with van der Waals surface area (Å²) in [6.07, 6.45) is 2.90. The molecular formula is C11H8ClNO. The van der Waals surface area contributed by atoms with Crippen molar-refractivity contribution in [1.29, 1.82) is 0 Å². The first kappa shape index (κ1) is 9.03. The van der Waals surface area contributed by atoms with E-state index in [9.17, 15) is 5.11 Å². The molecule has 0 bridgehead atoms. The fraction of sp³-hybridized carbons (Fsp3) is 0. The Morgan fingerprint density at radius 1 is 1.07 bits per heavy atom. The van der Waals surface area contributed by atoms with Crippen molar-refractivity contribution in [2.24, 2.45) is 0 Å². The van der Waals surface area contributed by atoms with Crippen LogP contribution >= 0.6 is 11.6 Å². The first-order chi connectivity index (χ1) is 6.79. The lowest BCUT2D eigenvalue weighted by molar-refractivity contribution is 0.475. The number of pyridine rings is 1. The zero-order valence-electron chi connectivity index (χ0n) is 7.31. The first-order valence-corrected chi connectivity index (χ1v) is 4.54. The van der Waals surface area contributed by atoms with Crippen LogP contribution in [0.3, 0.4) is 0 Å². The molecule has 70 valence electrons. The van der Waals surface area contributed by atoms with E-state index in [1.165, 1.54) is 12.4 Å². The van der Waals surface area contributed by atoms with Crippen LogP contribution in [-0.4, -0.2) is 10.1 Å². The van der Waals surface area contributed by atoms with Crippen LogP contribution in [0.1, 0.15) is 0 Å². The van der Waals surface area contributed by atoms with E-state index in [0.29, 0.717) is 10.6 Å². The molecule has 3 heteroatoms. The van der Waals surface area contributed by atoms with Crippen molar-refractivity contribution in [2.75, 3.05) is 0 Å². The van der Waals surface area contributed by atoms with E-state index < -0.39 is 0 Å². The van der Waals surface area contributed by atoms with E-state index >= 15 is 0 Å². The average Bonchev–Trinajstić information content (AvgIpc) is 2.19. The maximum atomic E-state index is 9.60. The molecule has 0 fully saturated rings. The minimum atomic E-state index is 0.101. The van der Waals surface area contributed by atoms with Crippen LogP contribution in [0, 0.1) is 0 Å². The Hall–Kier alpha value is -1.54. The Morgan fingerprint density at radius 3 is 2.43 bits per heavy atom. The Labute approximate surface area is 86.8 Å². The molecule has 0 unspecified atom stereocenters. The third kappa shape index (κ3) is 1.56. The van der Waals surface area contributed by atoms with Crippen molar-refractivity contribution < 1.29 is 5.11 Å². The predicted molar refractivity (Wildman–Crippen MR) is 56.3 cm³/mol. The van der Waals surface area contributed by atoms with E-state index in [1.807, 2.05) is 30.3 Å². The van der Waals surface area contributed by atoms with E-state index in [-0.39, 0.29) is 5.75 Å². The number of aromatic nitrogens is 1. The molecule has 0 spiro atoms. The molecule has 0 aliphatic carbocycles. The van der Waals surface area contributed by atoms with Crippen LogP contribution < -0.4 is 0 Å². The number of hydrogen-bond donors (Lipinski definition) is 1. The summed E-state index contributed by atoms with van der Waals surface area (Å²) in [6.45, 7) is 0. The monoisotopic (exact) mass is 205 g/mol. The predicted octanol–water partition coefficient (Wildman–Crippen LogP) is 3.11. The van der Waals surface area contributed by atoms with Crippen molar-refractivity contribution in [3.63, 3.8) is 0 Å². The number of hydrogen-bond acceptors (Lipinski definition) is 2. The number of benzene rings is 1. The first-order valence-electron chi connectivity index (χ1n) is 4.17. The topological polar surface area (TPSA) is 33.1 Å². The van der Waals surface area contributed by atoms with Crippen LogP contribution in [0.4, 0.5) is 0 Å². The van der Waals surface area contributed by atoms with Gasteiger partial charge in [0.15, 0.2) is 0 Å². The van der Waals surface area contributed by atoms with Gasteiger partial charge in [-0.1, -0.05) is 41.9 Å². The van der Waals surface area contributed by atoms with Crippen LogP contribution in [0.15, 0.2) is 42.7 Å². The highest BCUT2D eigenvalue weighted by atomic mass is 35.5. The Kier molecular flexibility index (Phi) is 2.37. The van der Waals surface area contributed by atoms with Gasteiger partial charge in [-0.25, -0.2) is 0 Å². The van der Waals surface area contributed by atoms with E-state index in [1.54, 1.807) is 0 Å². The molecule has 1 heterocycles. The number of aromatic hydroxyl groups is 1. The minimum Gasteiger partial charge on any atom is -0.506 e. The van der Waals surface area contributed by atoms with Gasteiger partial charge in [0, 0.05) is 11.8 Å². The van der Waals surface area contributed by atoms with Crippen molar-refractivity contribution in [2.45, 2.75) is 0 Å². The zero-order chi connectivity index (χ0) is 9.97. The largest absolute Gasteiger partial charge is 0.506 e. The molecule has 2 nitrogen and oxygen atoms in total. The van der Waals surface area contributed by atoms with Gasteiger partial charge >= 0.3 is 0 Å². The fourth-order valence-corrected chi connectivity index (χ4v) is 1.58. The number of nitrogens with zero attached hydrogens (tertiary/aromatic N) is 1. The molecule has 0 atom stereocenters. The van der Waals surface area contributed by atoms with Crippen molar-refractivity contribution in [1.82, 2.24) is 4.98 Å². The molecule has 14 heavy (non-hydrogen) atoms. The quantitative estimate of drug-likeness (QED) is 0.776. The number of rotatable bonds is 1. The molecule has 2 rings (SSSR count). The summed E-state index contributed by atoms with van der Waals surface area (Å²) in [7, 11) is 0. The molecule has 1 aromatic heterocycles. The lowest BCUT2D eigenvalue weighted by Crippen LogP contribution is -1.82. The number of halogens is 1. The van der Waals surface area contributed by atoms with Gasteiger partial charge in [-0.15, -0.1) is 0 Å². The third-order valence-corrected chi connectivity index (χ3v) is 2.23. The maximum Gasteiger partial charge on any atom is 0.143 e. The van der Waals surface area contributed by atoms with Gasteiger partial charge in [0.2, 0.25) is 0 Å². The van der Waals surface area contributed by atoms with Crippen molar-refractivity contribution >= 4 is 11.6 Å². The van der Waals surface area contributed by atoms with Gasteiger partial charge in [0.1, 0.15) is 5.75 Å². The highest BCUT2D eigenvalue weighted by Gasteiger charge is 2.08. The van der Waals surface area contributed by atoms with Crippen molar-refractivity contribution in [3.8, 4) is 16.9 Å². The van der Waals surface area contributed by atoms with Crippen LogP contribution in [0.5, 0.6) is 5.75 Å². The Morgan fingerprint density at radius 2 is 1.79 bits per heavy atom. The highest BCUT2D eigenvalue weighted by molar-refractivity contribution is 6.33. The average molecular weight is 206 g/mol. The van der Waals surface area contributed by atoms with Gasteiger partial charge in [0.05, 0.1) is 11.2 Å². The summed E-state index contributed by atoms with van der Waals surface area (Å²) in [4.78, 5) is 3.79. The molecule has 0 saturated heterocycles. The second-order valence-electron chi connectivity index (χ2n) is 2.88. The minimum absolute atomic E-state index is 0.101. The summed E-state index contributed by atoms with van der Waals surface area (Å²) in [5.41, 5.74) is 1.51. The summed E-state index contributed by atoms with van der Waals surface area (Å²) in [5.74, 6) is 0.101. The maximum absolute atomic E-state index is 9.60. The third-order valence-electron chi connectivity index (χ3n) is 1.94. The van der Waals surface area contributed by atoms with Gasteiger partial charge < -0.3 is 5.11 Å². The molecule has 0 aliphatic rings. The molecule has 0 amide bonds. The van der Waals surface area contributed by atoms with E-state index in [4.69, 9.17) is 11.6 Å². The lowest BCUT2D eigenvalue weighted by atomic mass is 10.1. The standard InChI is InChI=1S/C11H8ClNO/c12-9-6-13-7-10(14)11(9)8-4-2-1-3-5-8/h1-7,14H. The van der Waals surface area contributed by atoms with Gasteiger partial charge in [0.25, 0.3) is 0 Å². The SMILES string of the molecule is Oc1cncc(Cl)c1-c1ccccc1. The normalized spacial score (nSPS) is 10.1. The second-order valence-corrected chi connectivity index (χ2v) is 3.29. The molecule has 0 radical (unpaired) electrons. The second kappa shape index (κ2) is 3.68. The van der Waals surface area contributed by atoms with Gasteiger partial charge in [-0.2, -0.15) is 0 Å². The molecule has 0 saturated carbocycles. The molecular weight excluding hydrogens is 198 g/mol. The van der Waals surface area contributed by atoms with Gasteiger partial charge in [-0.05, 0) is 5.56 Å². The van der Waals surface area contributed by atoms with Crippen LogP contribution in [-0.2, 0) is 0 Å². The molecule has 2 aromatic rings. The van der Waals surface area contributed by atoms with E-state index in [2.05, 4.69) is 4.98 Å². The summed E-state index contributed by atoms with van der Waals surface area (Å²) in [5, 5.41) is 10.1. The zero-order valence-corrected chi connectivity index (χ0v) is 8.07. The molecule has 1 aromatic carbocycles. The smallest absolute Gasteiger partial charge is 0.143 e. The Balaban J connectivity index is 2.63. The lowest BCUT2D eigenvalue weighted by Gasteiger charge is -2.05. The fourth-order valence-electron chi connectivity index (χ4n) is 1.32. The Bertz CT molecular complexity index is 422. The van der Waals surface area contributed by atoms with Crippen LogP contribution in [0.2, 0.25) is 5.02 Å². The summed E-state index contributed by atoms with van der Waals surface area (Å²) >= 11 is 5.94. The highest BCUT2D eigenvalue weighted by Crippen LogP contribution is 2.34.